The molecular formula is C18H20BFN2O3. The fourth-order valence-corrected chi connectivity index (χ4v) is 2.45. The second-order valence-corrected chi connectivity index (χ2v) is 6.99. The van der Waals surface area contributed by atoms with Gasteiger partial charge in [-0.1, -0.05) is 12.1 Å². The minimum atomic E-state index is -0.807. The Balaban J connectivity index is 1.79. The van der Waals surface area contributed by atoms with E-state index in [1.54, 1.807) is 30.5 Å². The van der Waals surface area contributed by atoms with Crippen LogP contribution < -0.4 is 10.8 Å². The molecule has 25 heavy (non-hydrogen) atoms. The lowest BCUT2D eigenvalue weighted by Gasteiger charge is -2.32. The van der Waals surface area contributed by atoms with Gasteiger partial charge in [0.25, 0.3) is 5.91 Å². The standard InChI is InChI=1S/C18H20BFN2O3/c1-17(2)18(3,4)25-19(24-17)13-9-8-12(11-14(13)20)16(23)22-15-7-5-6-10-21-15/h5-11H,1-4H3,(H,21,22,23). The number of hydrogen-bond acceptors (Lipinski definition) is 4. The maximum atomic E-state index is 14.5. The van der Waals surface area contributed by atoms with Crippen molar-refractivity contribution in [3.05, 3.63) is 54.0 Å². The Hall–Kier alpha value is -2.25. The van der Waals surface area contributed by atoms with Gasteiger partial charge >= 0.3 is 7.12 Å². The Bertz CT molecular complexity index is 780. The summed E-state index contributed by atoms with van der Waals surface area (Å²) >= 11 is 0. The molecule has 3 rings (SSSR count). The number of carbonyl (C=O) groups is 1. The van der Waals surface area contributed by atoms with E-state index in [0.717, 1.165) is 0 Å². The van der Waals surface area contributed by atoms with Crippen LogP contribution >= 0.6 is 0 Å². The smallest absolute Gasteiger partial charge is 0.399 e. The molecule has 130 valence electrons. The highest BCUT2D eigenvalue weighted by atomic mass is 19.1. The zero-order valence-electron chi connectivity index (χ0n) is 14.7. The van der Waals surface area contributed by atoms with Gasteiger partial charge in [0.05, 0.1) is 11.2 Å². The van der Waals surface area contributed by atoms with E-state index in [2.05, 4.69) is 10.3 Å². The van der Waals surface area contributed by atoms with E-state index in [0.29, 0.717) is 5.82 Å². The summed E-state index contributed by atoms with van der Waals surface area (Å²) in [7, 11) is -0.807. The van der Waals surface area contributed by atoms with Crippen molar-refractivity contribution < 1.29 is 18.5 Å². The van der Waals surface area contributed by atoms with Crippen molar-refractivity contribution in [1.29, 1.82) is 0 Å². The summed E-state index contributed by atoms with van der Waals surface area (Å²) in [6.07, 6.45) is 1.57. The van der Waals surface area contributed by atoms with Crippen LogP contribution in [-0.4, -0.2) is 29.2 Å². The molecule has 0 radical (unpaired) electrons. The molecule has 1 N–H and O–H groups in total. The summed E-state index contributed by atoms with van der Waals surface area (Å²) < 4.78 is 26.3. The number of pyridine rings is 1. The second-order valence-electron chi connectivity index (χ2n) is 6.99. The average Bonchev–Trinajstić information content (AvgIpc) is 2.76. The molecule has 1 aromatic heterocycles. The van der Waals surface area contributed by atoms with Crippen LogP contribution in [0.25, 0.3) is 0 Å². The maximum Gasteiger partial charge on any atom is 0.497 e. The number of hydrogen-bond donors (Lipinski definition) is 1. The van der Waals surface area contributed by atoms with E-state index < -0.39 is 30.0 Å². The van der Waals surface area contributed by atoms with Crippen molar-refractivity contribution in [2.24, 2.45) is 0 Å². The number of amides is 1. The fraction of sp³-hybridized carbons (Fsp3) is 0.333. The third-order valence-electron chi connectivity index (χ3n) is 4.68. The molecular weight excluding hydrogens is 322 g/mol. The first-order valence-electron chi connectivity index (χ1n) is 8.07. The van der Waals surface area contributed by atoms with Crippen molar-refractivity contribution >= 4 is 24.3 Å². The largest absolute Gasteiger partial charge is 0.497 e. The Labute approximate surface area is 146 Å². The van der Waals surface area contributed by atoms with Gasteiger partial charge in [0.2, 0.25) is 0 Å². The third-order valence-corrected chi connectivity index (χ3v) is 4.68. The lowest BCUT2D eigenvalue weighted by atomic mass is 9.78. The van der Waals surface area contributed by atoms with Crippen molar-refractivity contribution in [3.8, 4) is 0 Å². The van der Waals surface area contributed by atoms with Gasteiger partial charge in [-0.15, -0.1) is 0 Å². The van der Waals surface area contributed by atoms with Gasteiger partial charge in [-0.05, 0) is 52.0 Å². The van der Waals surface area contributed by atoms with Crippen LogP contribution in [-0.2, 0) is 9.31 Å². The summed E-state index contributed by atoms with van der Waals surface area (Å²) in [4.78, 5) is 16.2. The summed E-state index contributed by atoms with van der Waals surface area (Å²) in [6.45, 7) is 7.61. The van der Waals surface area contributed by atoms with Crippen LogP contribution in [0.2, 0.25) is 0 Å². The number of aromatic nitrogens is 1. The molecule has 0 aliphatic carbocycles. The predicted octanol–water partition coefficient (Wildman–Crippen LogP) is 2.77. The molecule has 0 bridgehead atoms. The van der Waals surface area contributed by atoms with Crippen LogP contribution in [0.4, 0.5) is 10.2 Å². The first-order chi connectivity index (χ1) is 11.7. The first kappa shape index (κ1) is 17.6. The Kier molecular flexibility index (Phi) is 4.39. The van der Waals surface area contributed by atoms with Crippen LogP contribution in [0.5, 0.6) is 0 Å². The van der Waals surface area contributed by atoms with Crippen molar-refractivity contribution in [3.63, 3.8) is 0 Å². The lowest BCUT2D eigenvalue weighted by Crippen LogP contribution is -2.41. The molecule has 2 heterocycles. The van der Waals surface area contributed by atoms with E-state index >= 15 is 0 Å². The predicted molar refractivity (Wildman–Crippen MR) is 94.3 cm³/mol. The van der Waals surface area contributed by atoms with Crippen LogP contribution in [0.15, 0.2) is 42.6 Å². The molecule has 0 spiro atoms. The molecule has 1 amide bonds. The van der Waals surface area contributed by atoms with Gasteiger partial charge in [0.15, 0.2) is 0 Å². The van der Waals surface area contributed by atoms with Crippen LogP contribution in [0.1, 0.15) is 38.1 Å². The summed E-state index contributed by atoms with van der Waals surface area (Å²) in [5.74, 6) is -0.576. The molecule has 1 aliphatic heterocycles. The van der Waals surface area contributed by atoms with Gasteiger partial charge in [-0.3, -0.25) is 4.79 Å². The summed E-state index contributed by atoms with van der Waals surface area (Å²) in [5.41, 5.74) is -0.644. The van der Waals surface area contributed by atoms with E-state index in [1.807, 2.05) is 27.7 Å². The maximum absolute atomic E-state index is 14.5. The van der Waals surface area contributed by atoms with E-state index in [9.17, 15) is 9.18 Å². The molecule has 0 unspecified atom stereocenters. The molecule has 0 atom stereocenters. The van der Waals surface area contributed by atoms with Gasteiger partial charge in [0, 0.05) is 17.2 Å². The highest BCUT2D eigenvalue weighted by Crippen LogP contribution is 2.36. The number of anilines is 1. The Morgan fingerprint density at radius 1 is 1.12 bits per heavy atom. The summed E-state index contributed by atoms with van der Waals surface area (Å²) in [6, 6.07) is 9.40. The normalized spacial score (nSPS) is 18.2. The molecule has 1 aliphatic rings. The fourth-order valence-electron chi connectivity index (χ4n) is 2.45. The molecule has 2 aromatic rings. The average molecular weight is 342 g/mol. The molecule has 1 aromatic carbocycles. The monoisotopic (exact) mass is 342 g/mol. The molecule has 1 fully saturated rings. The zero-order chi connectivity index (χ0) is 18.2. The van der Waals surface area contributed by atoms with E-state index in [4.69, 9.17) is 9.31 Å². The Morgan fingerprint density at radius 3 is 2.36 bits per heavy atom. The van der Waals surface area contributed by atoms with Crippen molar-refractivity contribution in [2.75, 3.05) is 5.32 Å². The minimum absolute atomic E-state index is 0.198. The molecule has 0 saturated carbocycles. The summed E-state index contributed by atoms with van der Waals surface area (Å²) in [5, 5.41) is 2.62. The number of carbonyl (C=O) groups excluding carboxylic acids is 1. The van der Waals surface area contributed by atoms with Crippen molar-refractivity contribution in [1.82, 2.24) is 4.98 Å². The highest BCUT2D eigenvalue weighted by molar-refractivity contribution is 6.62. The van der Waals surface area contributed by atoms with Crippen LogP contribution in [0, 0.1) is 5.82 Å². The third kappa shape index (κ3) is 3.43. The highest BCUT2D eigenvalue weighted by Gasteiger charge is 2.52. The quantitative estimate of drug-likeness (QED) is 0.872. The van der Waals surface area contributed by atoms with Gasteiger partial charge < -0.3 is 14.6 Å². The molecule has 1 saturated heterocycles. The van der Waals surface area contributed by atoms with E-state index in [-0.39, 0.29) is 11.0 Å². The first-order valence-corrected chi connectivity index (χ1v) is 8.07. The van der Waals surface area contributed by atoms with Crippen LogP contribution in [0.3, 0.4) is 0 Å². The number of rotatable bonds is 3. The zero-order valence-corrected chi connectivity index (χ0v) is 14.7. The lowest BCUT2D eigenvalue weighted by molar-refractivity contribution is 0.00578. The SMILES string of the molecule is CC1(C)OB(c2ccc(C(=O)Nc3ccccn3)cc2F)OC1(C)C. The number of nitrogens with zero attached hydrogens (tertiary/aromatic N) is 1. The van der Waals surface area contributed by atoms with Gasteiger partial charge in [-0.2, -0.15) is 0 Å². The van der Waals surface area contributed by atoms with Gasteiger partial charge in [-0.25, -0.2) is 9.37 Å². The number of nitrogens with one attached hydrogen (secondary N) is 1. The van der Waals surface area contributed by atoms with Crippen molar-refractivity contribution in [2.45, 2.75) is 38.9 Å². The van der Waals surface area contributed by atoms with E-state index in [1.165, 1.54) is 12.1 Å². The second kappa shape index (κ2) is 6.24. The minimum Gasteiger partial charge on any atom is -0.399 e. The number of benzene rings is 1. The topological polar surface area (TPSA) is 60.5 Å². The molecule has 7 heteroatoms. The Morgan fingerprint density at radius 2 is 1.80 bits per heavy atom. The number of halogens is 1. The van der Waals surface area contributed by atoms with Gasteiger partial charge in [0.1, 0.15) is 11.6 Å². The molecule has 5 nitrogen and oxygen atoms in total.